The summed E-state index contributed by atoms with van der Waals surface area (Å²) in [5.41, 5.74) is 0. The first-order valence-electron chi connectivity index (χ1n) is 5.16. The average Bonchev–Trinajstić information content (AvgIpc) is 2.22. The molecule has 4 nitrogen and oxygen atoms in total. The summed E-state index contributed by atoms with van der Waals surface area (Å²) < 4.78 is 0. The van der Waals surface area contributed by atoms with Crippen molar-refractivity contribution in [2.24, 2.45) is 5.92 Å². The van der Waals surface area contributed by atoms with Crippen LogP contribution in [0.15, 0.2) is 0 Å². The summed E-state index contributed by atoms with van der Waals surface area (Å²) in [6.07, 6.45) is 1.39. The monoisotopic (exact) mass is 202 g/mol. The van der Waals surface area contributed by atoms with Gasteiger partial charge in [-0.15, -0.1) is 0 Å². The van der Waals surface area contributed by atoms with Gasteiger partial charge in [-0.25, -0.2) is 0 Å². The normalized spacial score (nSPS) is 14.9. The average molecular weight is 202 g/mol. The van der Waals surface area contributed by atoms with Crippen LogP contribution in [0.2, 0.25) is 0 Å². The van der Waals surface area contributed by atoms with E-state index in [0.29, 0.717) is 12.5 Å². The fourth-order valence-electron chi connectivity index (χ4n) is 1.06. The van der Waals surface area contributed by atoms with Gasteiger partial charge in [-0.3, -0.25) is 4.79 Å². The first-order valence-corrected chi connectivity index (χ1v) is 5.16. The van der Waals surface area contributed by atoms with Crippen LogP contribution >= 0.6 is 0 Å². The number of amides is 1. The molecule has 4 heteroatoms. The molecule has 0 rings (SSSR count). The second-order valence-corrected chi connectivity index (χ2v) is 3.68. The number of carbonyl (C=O) groups is 1. The van der Waals surface area contributed by atoms with Crippen molar-refractivity contribution < 1.29 is 9.90 Å². The summed E-state index contributed by atoms with van der Waals surface area (Å²) in [5, 5.41) is 14.7. The molecule has 0 bridgehead atoms. The third-order valence-electron chi connectivity index (χ3n) is 2.47. The van der Waals surface area contributed by atoms with Crippen LogP contribution in [0.1, 0.15) is 26.7 Å². The lowest BCUT2D eigenvalue weighted by Crippen LogP contribution is -2.34. The highest BCUT2D eigenvalue weighted by Crippen LogP contribution is 2.00. The summed E-state index contributed by atoms with van der Waals surface area (Å²) in [5.74, 6) is 0.338. The van der Waals surface area contributed by atoms with Crippen molar-refractivity contribution >= 4 is 5.91 Å². The Balaban J connectivity index is 3.40. The van der Waals surface area contributed by atoms with Gasteiger partial charge in [0.25, 0.3) is 0 Å². The number of nitrogens with one attached hydrogen (secondary N) is 2. The number of rotatable bonds is 7. The molecule has 3 N–H and O–H groups in total. The smallest absolute Gasteiger partial charge is 0.219 e. The van der Waals surface area contributed by atoms with E-state index in [1.54, 1.807) is 7.05 Å². The Morgan fingerprint density at radius 1 is 1.43 bits per heavy atom. The maximum absolute atomic E-state index is 10.9. The summed E-state index contributed by atoms with van der Waals surface area (Å²) in [6.45, 7) is 5.06. The quantitative estimate of drug-likeness (QED) is 0.514. The molecule has 0 fully saturated rings. The molecule has 0 radical (unpaired) electrons. The molecule has 0 aromatic carbocycles. The van der Waals surface area contributed by atoms with E-state index in [1.807, 2.05) is 13.8 Å². The van der Waals surface area contributed by atoms with Gasteiger partial charge in [0.2, 0.25) is 5.91 Å². The van der Waals surface area contributed by atoms with E-state index in [4.69, 9.17) is 5.11 Å². The summed E-state index contributed by atoms with van der Waals surface area (Å²) >= 11 is 0. The van der Waals surface area contributed by atoms with Gasteiger partial charge < -0.3 is 15.7 Å². The molecule has 2 atom stereocenters. The van der Waals surface area contributed by atoms with E-state index in [0.717, 1.165) is 13.0 Å². The van der Waals surface area contributed by atoms with Gasteiger partial charge in [-0.1, -0.05) is 6.92 Å². The largest absolute Gasteiger partial charge is 0.396 e. The first-order chi connectivity index (χ1) is 6.61. The van der Waals surface area contributed by atoms with E-state index in [-0.39, 0.29) is 18.4 Å². The van der Waals surface area contributed by atoms with Crippen LogP contribution in [-0.2, 0) is 4.79 Å². The van der Waals surface area contributed by atoms with Crippen LogP contribution < -0.4 is 10.6 Å². The second kappa shape index (κ2) is 7.76. The predicted molar refractivity (Wildman–Crippen MR) is 57.0 cm³/mol. The summed E-state index contributed by atoms with van der Waals surface area (Å²) in [4.78, 5) is 10.9. The lowest BCUT2D eigenvalue weighted by atomic mass is 10.1. The van der Waals surface area contributed by atoms with Crippen molar-refractivity contribution in [3.8, 4) is 0 Å². The van der Waals surface area contributed by atoms with Crippen molar-refractivity contribution in [2.75, 3.05) is 20.2 Å². The molecule has 0 aliphatic rings. The molecule has 0 aliphatic heterocycles. The Labute approximate surface area is 86.1 Å². The fraction of sp³-hybridized carbons (Fsp3) is 0.900. The van der Waals surface area contributed by atoms with Gasteiger partial charge in [0, 0.05) is 26.1 Å². The van der Waals surface area contributed by atoms with Crippen molar-refractivity contribution in [1.82, 2.24) is 10.6 Å². The Bertz CT molecular complexity index is 162. The topological polar surface area (TPSA) is 61.4 Å². The molecule has 0 saturated heterocycles. The Hall–Kier alpha value is -0.610. The van der Waals surface area contributed by atoms with Crippen LogP contribution in [-0.4, -0.2) is 37.3 Å². The van der Waals surface area contributed by atoms with Gasteiger partial charge >= 0.3 is 0 Å². The van der Waals surface area contributed by atoms with Gasteiger partial charge in [-0.05, 0) is 25.8 Å². The van der Waals surface area contributed by atoms with Gasteiger partial charge in [0.05, 0.1) is 0 Å². The number of aliphatic hydroxyl groups excluding tert-OH is 1. The Kier molecular flexibility index (Phi) is 7.42. The number of carbonyl (C=O) groups excluding carboxylic acids is 1. The van der Waals surface area contributed by atoms with Crippen molar-refractivity contribution in [3.63, 3.8) is 0 Å². The zero-order valence-electron chi connectivity index (χ0n) is 9.34. The fourth-order valence-corrected chi connectivity index (χ4v) is 1.06. The molecular formula is C10H22N2O2. The molecule has 1 amide bonds. The SMILES string of the molecule is CNC(=O)CCCNC(C)C(C)CO. The number of aliphatic hydroxyl groups is 1. The standard InChI is InChI=1S/C10H22N2O2/c1-8(7-13)9(2)12-6-4-5-10(14)11-3/h8-9,12-13H,4-7H2,1-3H3,(H,11,14). The van der Waals surface area contributed by atoms with E-state index in [2.05, 4.69) is 10.6 Å². The lowest BCUT2D eigenvalue weighted by molar-refractivity contribution is -0.120. The molecule has 0 heterocycles. The maximum atomic E-state index is 10.9. The molecule has 0 aromatic rings. The predicted octanol–water partition coefficient (Wildman–Crippen LogP) is 0.119. The van der Waals surface area contributed by atoms with Crippen LogP contribution in [0.5, 0.6) is 0 Å². The summed E-state index contributed by atoms with van der Waals surface area (Å²) in [6, 6.07) is 0.296. The Morgan fingerprint density at radius 3 is 2.57 bits per heavy atom. The highest BCUT2D eigenvalue weighted by Gasteiger charge is 2.09. The van der Waals surface area contributed by atoms with Gasteiger partial charge in [-0.2, -0.15) is 0 Å². The summed E-state index contributed by atoms with van der Waals surface area (Å²) in [7, 11) is 1.65. The molecule has 14 heavy (non-hydrogen) atoms. The van der Waals surface area contributed by atoms with Crippen LogP contribution in [0, 0.1) is 5.92 Å². The minimum absolute atomic E-state index is 0.0784. The lowest BCUT2D eigenvalue weighted by Gasteiger charge is -2.18. The van der Waals surface area contributed by atoms with Crippen molar-refractivity contribution in [2.45, 2.75) is 32.7 Å². The van der Waals surface area contributed by atoms with Crippen LogP contribution in [0.4, 0.5) is 0 Å². The molecule has 0 aliphatic carbocycles. The minimum atomic E-state index is 0.0784. The maximum Gasteiger partial charge on any atom is 0.219 e. The minimum Gasteiger partial charge on any atom is -0.396 e. The second-order valence-electron chi connectivity index (χ2n) is 3.68. The van der Waals surface area contributed by atoms with Crippen molar-refractivity contribution in [3.05, 3.63) is 0 Å². The molecule has 0 saturated carbocycles. The molecule has 84 valence electrons. The number of hydrogen-bond acceptors (Lipinski definition) is 3. The molecule has 0 spiro atoms. The van der Waals surface area contributed by atoms with Gasteiger partial charge in [0.15, 0.2) is 0 Å². The highest BCUT2D eigenvalue weighted by molar-refractivity contribution is 5.75. The van der Waals surface area contributed by atoms with E-state index in [1.165, 1.54) is 0 Å². The molecular weight excluding hydrogens is 180 g/mol. The zero-order valence-corrected chi connectivity index (χ0v) is 9.34. The number of hydrogen-bond donors (Lipinski definition) is 3. The van der Waals surface area contributed by atoms with Crippen molar-refractivity contribution in [1.29, 1.82) is 0 Å². The molecule has 2 unspecified atom stereocenters. The third kappa shape index (κ3) is 5.94. The first kappa shape index (κ1) is 13.4. The van der Waals surface area contributed by atoms with Crippen LogP contribution in [0.3, 0.4) is 0 Å². The van der Waals surface area contributed by atoms with Crippen LogP contribution in [0.25, 0.3) is 0 Å². The highest BCUT2D eigenvalue weighted by atomic mass is 16.3. The van der Waals surface area contributed by atoms with Gasteiger partial charge in [0.1, 0.15) is 0 Å². The van der Waals surface area contributed by atoms with E-state index < -0.39 is 0 Å². The van der Waals surface area contributed by atoms with E-state index >= 15 is 0 Å². The van der Waals surface area contributed by atoms with E-state index in [9.17, 15) is 4.79 Å². The Morgan fingerprint density at radius 2 is 2.07 bits per heavy atom. The molecule has 0 aromatic heterocycles. The third-order valence-corrected chi connectivity index (χ3v) is 2.47. The zero-order chi connectivity index (χ0) is 11.0.